The van der Waals surface area contributed by atoms with E-state index >= 15 is 0 Å². The molecule has 2 N–H and O–H groups in total. The molecule has 0 aromatic heterocycles. The van der Waals surface area contributed by atoms with Gasteiger partial charge >= 0.3 is 0 Å². The lowest BCUT2D eigenvalue weighted by Crippen LogP contribution is -2.26. The maximum atomic E-state index is 13.5. The average molecular weight is 319 g/mol. The Bertz CT molecular complexity index is 647. The van der Waals surface area contributed by atoms with Crippen molar-refractivity contribution in [1.29, 1.82) is 0 Å². The molecule has 0 unspecified atom stereocenters. The van der Waals surface area contributed by atoms with Gasteiger partial charge in [-0.3, -0.25) is 4.79 Å². The van der Waals surface area contributed by atoms with Crippen LogP contribution < -0.4 is 5.32 Å². The molecule has 0 aliphatic heterocycles. The monoisotopic (exact) mass is 319 g/mol. The zero-order valence-electron chi connectivity index (χ0n) is 12.6. The highest BCUT2D eigenvalue weighted by atomic mass is 19.1. The van der Waals surface area contributed by atoms with Crippen molar-refractivity contribution < 1.29 is 18.7 Å². The van der Waals surface area contributed by atoms with Gasteiger partial charge in [0.2, 0.25) is 0 Å². The van der Waals surface area contributed by atoms with Crippen molar-refractivity contribution in [1.82, 2.24) is 5.32 Å². The molecule has 5 heteroatoms. The predicted molar refractivity (Wildman–Crippen MR) is 84.2 cm³/mol. The van der Waals surface area contributed by atoms with Gasteiger partial charge in [0.25, 0.3) is 5.91 Å². The van der Waals surface area contributed by atoms with Crippen molar-refractivity contribution in [2.75, 3.05) is 13.2 Å². The summed E-state index contributed by atoms with van der Waals surface area (Å²) in [6.07, 6.45) is 1.21. The summed E-state index contributed by atoms with van der Waals surface area (Å²) < 4.78 is 26.4. The molecule has 0 fully saturated rings. The highest BCUT2D eigenvalue weighted by Crippen LogP contribution is 2.22. The molecule has 0 aliphatic rings. The highest BCUT2D eigenvalue weighted by Gasteiger charge is 2.14. The first kappa shape index (κ1) is 17.1. The van der Waals surface area contributed by atoms with Crippen LogP contribution in [0.4, 0.5) is 8.78 Å². The number of amides is 1. The van der Waals surface area contributed by atoms with E-state index in [1.165, 1.54) is 0 Å². The summed E-state index contributed by atoms with van der Waals surface area (Å²) in [7, 11) is 0. The fourth-order valence-corrected chi connectivity index (χ4v) is 2.49. The lowest BCUT2D eigenvalue weighted by atomic mass is 9.93. The Kier molecular flexibility index (Phi) is 6.23. The van der Waals surface area contributed by atoms with Crippen molar-refractivity contribution in [3.05, 3.63) is 71.3 Å². The number of aliphatic hydroxyl groups excluding tert-OH is 1. The summed E-state index contributed by atoms with van der Waals surface area (Å²) >= 11 is 0. The summed E-state index contributed by atoms with van der Waals surface area (Å²) in [6, 6.07) is 12.6. The van der Waals surface area contributed by atoms with E-state index in [0.717, 1.165) is 17.7 Å². The van der Waals surface area contributed by atoms with E-state index in [1.54, 1.807) is 0 Å². The van der Waals surface area contributed by atoms with E-state index in [0.29, 0.717) is 25.5 Å². The molecule has 2 aromatic rings. The van der Waals surface area contributed by atoms with Crippen LogP contribution >= 0.6 is 0 Å². The van der Waals surface area contributed by atoms with Crippen molar-refractivity contribution >= 4 is 5.91 Å². The molecule has 0 saturated carbocycles. The van der Waals surface area contributed by atoms with E-state index in [4.69, 9.17) is 0 Å². The van der Waals surface area contributed by atoms with Crippen LogP contribution in [0.5, 0.6) is 0 Å². The lowest BCUT2D eigenvalue weighted by molar-refractivity contribution is 0.0948. The van der Waals surface area contributed by atoms with Gasteiger partial charge in [0.05, 0.1) is 5.56 Å². The second kappa shape index (κ2) is 8.39. The minimum atomic E-state index is -0.877. The van der Waals surface area contributed by atoms with Gasteiger partial charge in [-0.1, -0.05) is 30.3 Å². The number of halogens is 2. The van der Waals surface area contributed by atoms with Gasteiger partial charge < -0.3 is 10.4 Å². The molecule has 1 atom stereocenters. The number of carbonyl (C=O) groups is 1. The SMILES string of the molecule is O=C(NCC[C@H](CCO)c1ccccc1)c1ccc(F)cc1F. The molecule has 0 spiro atoms. The Hall–Kier alpha value is -2.27. The second-order valence-electron chi connectivity index (χ2n) is 5.29. The molecule has 2 aromatic carbocycles. The normalized spacial score (nSPS) is 12.0. The minimum absolute atomic E-state index is 0.0557. The lowest BCUT2D eigenvalue weighted by Gasteiger charge is -2.16. The fourth-order valence-electron chi connectivity index (χ4n) is 2.49. The van der Waals surface area contributed by atoms with Crippen LogP contribution in [0.2, 0.25) is 0 Å². The minimum Gasteiger partial charge on any atom is -0.396 e. The maximum absolute atomic E-state index is 13.5. The number of benzene rings is 2. The van der Waals surface area contributed by atoms with E-state index < -0.39 is 17.5 Å². The van der Waals surface area contributed by atoms with Crippen LogP contribution in [0.25, 0.3) is 0 Å². The standard InChI is InChI=1S/C18H19F2NO2/c19-15-6-7-16(17(20)12-15)18(23)21-10-8-14(9-11-22)13-4-2-1-3-5-13/h1-7,12,14,22H,8-11H2,(H,21,23)/t14-/m1/s1. The molecule has 0 saturated heterocycles. The first-order valence-corrected chi connectivity index (χ1v) is 7.51. The third kappa shape index (κ3) is 4.86. The second-order valence-corrected chi connectivity index (χ2v) is 5.29. The van der Waals surface area contributed by atoms with Crippen LogP contribution in [0.3, 0.4) is 0 Å². The van der Waals surface area contributed by atoms with E-state index in [-0.39, 0.29) is 18.1 Å². The molecule has 122 valence electrons. The molecule has 0 aliphatic carbocycles. The van der Waals surface area contributed by atoms with Crippen molar-refractivity contribution in [2.45, 2.75) is 18.8 Å². The predicted octanol–water partition coefficient (Wildman–Crippen LogP) is 3.25. The van der Waals surface area contributed by atoms with Gasteiger partial charge in [0.15, 0.2) is 0 Å². The van der Waals surface area contributed by atoms with Gasteiger partial charge in [-0.05, 0) is 36.5 Å². The molecule has 3 nitrogen and oxygen atoms in total. The number of rotatable bonds is 7. The van der Waals surface area contributed by atoms with Crippen molar-refractivity contribution in [2.24, 2.45) is 0 Å². The zero-order chi connectivity index (χ0) is 16.7. The summed E-state index contributed by atoms with van der Waals surface area (Å²) in [5, 5.41) is 11.8. The number of aliphatic hydroxyl groups is 1. The van der Waals surface area contributed by atoms with Crippen LogP contribution in [0.15, 0.2) is 48.5 Å². The molecule has 1 amide bonds. The van der Waals surface area contributed by atoms with Gasteiger partial charge in [-0.2, -0.15) is 0 Å². The first-order valence-electron chi connectivity index (χ1n) is 7.51. The number of nitrogens with one attached hydrogen (secondary N) is 1. The van der Waals surface area contributed by atoms with E-state index in [9.17, 15) is 18.7 Å². The number of hydrogen-bond donors (Lipinski definition) is 2. The van der Waals surface area contributed by atoms with Crippen LogP contribution in [0, 0.1) is 11.6 Å². The molecule has 23 heavy (non-hydrogen) atoms. The van der Waals surface area contributed by atoms with E-state index in [2.05, 4.69) is 5.32 Å². The number of carbonyl (C=O) groups excluding carboxylic acids is 1. The van der Waals surface area contributed by atoms with Gasteiger partial charge in [-0.25, -0.2) is 8.78 Å². The van der Waals surface area contributed by atoms with Crippen LogP contribution in [-0.4, -0.2) is 24.2 Å². The molecule has 0 bridgehead atoms. The van der Waals surface area contributed by atoms with Crippen LogP contribution in [0.1, 0.15) is 34.7 Å². The molecule has 0 heterocycles. The topological polar surface area (TPSA) is 49.3 Å². The summed E-state index contributed by atoms with van der Waals surface area (Å²) in [5.74, 6) is -2.05. The summed E-state index contributed by atoms with van der Waals surface area (Å²) in [4.78, 5) is 11.9. The summed E-state index contributed by atoms with van der Waals surface area (Å²) in [6.45, 7) is 0.398. The maximum Gasteiger partial charge on any atom is 0.254 e. The first-order chi connectivity index (χ1) is 11.1. The Morgan fingerprint density at radius 3 is 2.48 bits per heavy atom. The molecule has 0 radical (unpaired) electrons. The highest BCUT2D eigenvalue weighted by molar-refractivity contribution is 5.94. The third-order valence-electron chi connectivity index (χ3n) is 3.70. The third-order valence-corrected chi connectivity index (χ3v) is 3.70. The van der Waals surface area contributed by atoms with Crippen molar-refractivity contribution in [3.8, 4) is 0 Å². The average Bonchev–Trinajstić information content (AvgIpc) is 2.54. The Balaban J connectivity index is 1.93. The largest absolute Gasteiger partial charge is 0.396 e. The smallest absolute Gasteiger partial charge is 0.254 e. The Morgan fingerprint density at radius 1 is 1.09 bits per heavy atom. The summed E-state index contributed by atoms with van der Waals surface area (Å²) in [5.41, 5.74) is 0.911. The molecular weight excluding hydrogens is 300 g/mol. The van der Waals surface area contributed by atoms with Crippen molar-refractivity contribution in [3.63, 3.8) is 0 Å². The molecule has 2 rings (SSSR count). The van der Waals surface area contributed by atoms with Gasteiger partial charge in [-0.15, -0.1) is 0 Å². The molecular formula is C18H19F2NO2. The van der Waals surface area contributed by atoms with Gasteiger partial charge in [0.1, 0.15) is 11.6 Å². The Morgan fingerprint density at radius 2 is 1.83 bits per heavy atom. The fraction of sp³-hybridized carbons (Fsp3) is 0.278. The quantitative estimate of drug-likeness (QED) is 0.823. The van der Waals surface area contributed by atoms with Crippen LogP contribution in [-0.2, 0) is 0 Å². The number of hydrogen-bond acceptors (Lipinski definition) is 2. The zero-order valence-corrected chi connectivity index (χ0v) is 12.6. The van der Waals surface area contributed by atoms with Gasteiger partial charge in [0, 0.05) is 19.2 Å². The Labute approximate surface area is 134 Å². The van der Waals surface area contributed by atoms with E-state index in [1.807, 2.05) is 30.3 Å².